The van der Waals surface area contributed by atoms with Crippen LogP contribution in [-0.4, -0.2) is 15.0 Å². The van der Waals surface area contributed by atoms with E-state index in [1.54, 1.807) is 18.3 Å². The lowest BCUT2D eigenvalue weighted by molar-refractivity contribution is -0.137. The molecular weight excluding hydrogens is 279 g/mol. The van der Waals surface area contributed by atoms with E-state index in [4.69, 9.17) is 0 Å². The Kier molecular flexibility index (Phi) is 3.21. The minimum absolute atomic E-state index is 0.658. The molecule has 0 atom stereocenters. The fourth-order valence-electron chi connectivity index (χ4n) is 1.98. The molecule has 0 saturated heterocycles. The van der Waals surface area contributed by atoms with Crippen molar-refractivity contribution >= 4 is 23.2 Å². The van der Waals surface area contributed by atoms with Gasteiger partial charge in [0.2, 0.25) is 0 Å². The Balaban J connectivity index is 1.88. The van der Waals surface area contributed by atoms with E-state index in [9.17, 15) is 13.2 Å². The molecule has 0 amide bonds. The van der Waals surface area contributed by atoms with Gasteiger partial charge in [-0.25, -0.2) is 9.97 Å². The lowest BCUT2D eigenvalue weighted by atomic mass is 10.1. The van der Waals surface area contributed by atoms with E-state index in [0.717, 1.165) is 23.2 Å². The molecule has 2 heterocycles. The fraction of sp³-hybridized carbons (Fsp3) is 0.0667. The van der Waals surface area contributed by atoms with E-state index in [1.165, 1.54) is 18.5 Å². The third-order valence-corrected chi connectivity index (χ3v) is 3.06. The summed E-state index contributed by atoms with van der Waals surface area (Å²) in [7, 11) is 0. The molecule has 0 fully saturated rings. The summed E-state index contributed by atoms with van der Waals surface area (Å²) in [5.74, 6) is 0. The number of halogens is 3. The Hall–Kier alpha value is -2.63. The van der Waals surface area contributed by atoms with E-state index >= 15 is 0 Å². The second kappa shape index (κ2) is 5.05. The van der Waals surface area contributed by atoms with Crippen molar-refractivity contribution in [1.29, 1.82) is 0 Å². The molecule has 0 unspecified atom stereocenters. The minimum Gasteiger partial charge on any atom is -0.346 e. The predicted molar refractivity (Wildman–Crippen MR) is 74.3 cm³/mol. The summed E-state index contributed by atoms with van der Waals surface area (Å²) in [6, 6.07) is 6.82. The maximum Gasteiger partial charge on any atom is 0.416 e. The Labute approximate surface area is 118 Å². The van der Waals surface area contributed by atoms with Crippen molar-refractivity contribution in [1.82, 2.24) is 15.0 Å². The summed E-state index contributed by atoms with van der Waals surface area (Å²) in [6.45, 7) is 0. The maximum atomic E-state index is 12.5. The van der Waals surface area contributed by atoms with Crippen molar-refractivity contribution in [2.75, 3.05) is 0 Å². The van der Waals surface area contributed by atoms with Gasteiger partial charge >= 0.3 is 6.18 Å². The van der Waals surface area contributed by atoms with Gasteiger partial charge < -0.3 is 4.98 Å². The molecule has 3 rings (SSSR count). The van der Waals surface area contributed by atoms with Gasteiger partial charge in [0.05, 0.1) is 11.3 Å². The van der Waals surface area contributed by atoms with Crippen LogP contribution in [-0.2, 0) is 6.18 Å². The van der Waals surface area contributed by atoms with Gasteiger partial charge in [-0.15, -0.1) is 0 Å². The van der Waals surface area contributed by atoms with Gasteiger partial charge in [0.15, 0.2) is 0 Å². The highest BCUT2D eigenvalue weighted by atomic mass is 19.4. The molecule has 0 radical (unpaired) electrons. The number of nitrogens with one attached hydrogen (secondary N) is 1. The highest BCUT2D eigenvalue weighted by Gasteiger charge is 2.29. The summed E-state index contributed by atoms with van der Waals surface area (Å²) in [5.41, 5.74) is 1.44. The van der Waals surface area contributed by atoms with Crippen molar-refractivity contribution in [3.05, 3.63) is 59.7 Å². The smallest absolute Gasteiger partial charge is 0.346 e. The summed E-state index contributed by atoms with van der Waals surface area (Å²) < 4.78 is 37.4. The van der Waals surface area contributed by atoms with Crippen LogP contribution in [0.5, 0.6) is 0 Å². The zero-order valence-electron chi connectivity index (χ0n) is 10.7. The van der Waals surface area contributed by atoms with Crippen LogP contribution >= 0.6 is 0 Å². The molecule has 0 aliphatic rings. The van der Waals surface area contributed by atoms with Gasteiger partial charge in [-0.1, -0.05) is 18.2 Å². The van der Waals surface area contributed by atoms with Crippen molar-refractivity contribution in [3.63, 3.8) is 0 Å². The van der Waals surface area contributed by atoms with Crippen LogP contribution in [0.4, 0.5) is 13.2 Å². The Morgan fingerprint density at radius 3 is 2.43 bits per heavy atom. The standard InChI is InChI=1S/C15H10F3N3/c16-15(17,18)11-4-1-10(2-5-11)3-6-13-12-7-8-19-14(12)21-9-20-13/h1-9H,(H,19,20,21). The SMILES string of the molecule is FC(F)(F)c1ccc(C=Cc2ncnc3[nH]ccc23)cc1. The molecule has 3 nitrogen and oxygen atoms in total. The molecular formula is C15H10F3N3. The number of alkyl halides is 3. The van der Waals surface area contributed by atoms with Crippen molar-refractivity contribution in [2.24, 2.45) is 0 Å². The first kappa shape index (κ1) is 13.4. The normalized spacial score (nSPS) is 12.3. The number of rotatable bonds is 2. The average molecular weight is 289 g/mol. The molecule has 21 heavy (non-hydrogen) atoms. The van der Waals surface area contributed by atoms with Crippen LogP contribution in [0.1, 0.15) is 16.8 Å². The summed E-state index contributed by atoms with van der Waals surface area (Å²) >= 11 is 0. The number of hydrogen-bond acceptors (Lipinski definition) is 2. The minimum atomic E-state index is -4.31. The lowest BCUT2D eigenvalue weighted by Gasteiger charge is -2.05. The van der Waals surface area contributed by atoms with Crippen molar-refractivity contribution in [2.45, 2.75) is 6.18 Å². The fourth-order valence-corrected chi connectivity index (χ4v) is 1.98. The molecule has 0 saturated carbocycles. The number of benzene rings is 1. The van der Waals surface area contributed by atoms with Crippen LogP contribution in [0.3, 0.4) is 0 Å². The monoisotopic (exact) mass is 289 g/mol. The maximum absolute atomic E-state index is 12.5. The molecule has 1 aromatic carbocycles. The number of aromatic amines is 1. The van der Waals surface area contributed by atoms with Crippen LogP contribution in [0, 0.1) is 0 Å². The highest BCUT2D eigenvalue weighted by molar-refractivity contribution is 5.86. The first-order chi connectivity index (χ1) is 10.0. The molecule has 106 valence electrons. The summed E-state index contributed by atoms with van der Waals surface area (Å²) in [5, 5.41) is 0.862. The number of nitrogens with zero attached hydrogens (tertiary/aromatic N) is 2. The molecule has 2 aromatic heterocycles. The third kappa shape index (κ3) is 2.79. The van der Waals surface area contributed by atoms with Crippen molar-refractivity contribution < 1.29 is 13.2 Å². The Bertz CT molecular complexity index is 786. The summed E-state index contributed by atoms with van der Waals surface area (Å²) in [6.07, 6.45) is 2.35. The van der Waals surface area contributed by atoms with Crippen LogP contribution < -0.4 is 0 Å². The molecule has 3 aromatic rings. The number of H-pyrrole nitrogens is 1. The summed E-state index contributed by atoms with van der Waals surface area (Å²) in [4.78, 5) is 11.2. The largest absolute Gasteiger partial charge is 0.416 e. The lowest BCUT2D eigenvalue weighted by Crippen LogP contribution is -2.03. The first-order valence-electron chi connectivity index (χ1n) is 6.17. The molecule has 0 aliphatic heterocycles. The van der Waals surface area contributed by atoms with E-state index in [-0.39, 0.29) is 0 Å². The van der Waals surface area contributed by atoms with Crippen LogP contribution in [0.25, 0.3) is 23.2 Å². The highest BCUT2D eigenvalue weighted by Crippen LogP contribution is 2.29. The zero-order chi connectivity index (χ0) is 14.9. The Morgan fingerprint density at radius 2 is 1.71 bits per heavy atom. The second-order valence-corrected chi connectivity index (χ2v) is 4.45. The Morgan fingerprint density at radius 1 is 0.952 bits per heavy atom. The van der Waals surface area contributed by atoms with E-state index in [1.807, 2.05) is 6.07 Å². The molecule has 0 bridgehead atoms. The topological polar surface area (TPSA) is 41.6 Å². The number of aromatic nitrogens is 3. The molecule has 1 N–H and O–H groups in total. The van der Waals surface area contributed by atoms with Gasteiger partial charge in [-0.3, -0.25) is 0 Å². The van der Waals surface area contributed by atoms with Gasteiger partial charge in [0.1, 0.15) is 12.0 Å². The van der Waals surface area contributed by atoms with Crippen LogP contribution in [0.2, 0.25) is 0 Å². The first-order valence-corrected chi connectivity index (χ1v) is 6.17. The van der Waals surface area contributed by atoms with E-state index in [0.29, 0.717) is 11.3 Å². The van der Waals surface area contributed by atoms with E-state index in [2.05, 4.69) is 15.0 Å². The average Bonchev–Trinajstić information content (AvgIpc) is 2.93. The van der Waals surface area contributed by atoms with E-state index < -0.39 is 11.7 Å². The molecule has 6 heteroatoms. The number of hydrogen-bond donors (Lipinski definition) is 1. The van der Waals surface area contributed by atoms with Gasteiger partial charge in [0, 0.05) is 11.6 Å². The van der Waals surface area contributed by atoms with Crippen LogP contribution in [0.15, 0.2) is 42.9 Å². The van der Waals surface area contributed by atoms with Gasteiger partial charge in [0.25, 0.3) is 0 Å². The molecule has 0 aliphatic carbocycles. The van der Waals surface area contributed by atoms with Gasteiger partial charge in [-0.05, 0) is 29.8 Å². The predicted octanol–water partition coefficient (Wildman–Crippen LogP) is 4.15. The quantitative estimate of drug-likeness (QED) is 0.770. The van der Waals surface area contributed by atoms with Gasteiger partial charge in [-0.2, -0.15) is 13.2 Å². The van der Waals surface area contributed by atoms with Crippen molar-refractivity contribution in [3.8, 4) is 0 Å². The number of fused-ring (bicyclic) bond motifs is 1. The molecule has 0 spiro atoms. The third-order valence-electron chi connectivity index (χ3n) is 3.06. The second-order valence-electron chi connectivity index (χ2n) is 4.45. The zero-order valence-corrected chi connectivity index (χ0v) is 10.7.